The van der Waals surface area contributed by atoms with Crippen molar-refractivity contribution in [3.8, 4) is 0 Å². The van der Waals surface area contributed by atoms with Crippen molar-refractivity contribution in [3.05, 3.63) is 70.6 Å². The van der Waals surface area contributed by atoms with Crippen molar-refractivity contribution in [1.82, 2.24) is 4.90 Å². The van der Waals surface area contributed by atoms with Crippen molar-refractivity contribution in [2.75, 3.05) is 19.6 Å². The smallest absolute Gasteiger partial charge is 0.335 e. The van der Waals surface area contributed by atoms with Gasteiger partial charge >= 0.3 is 11.9 Å². The number of carboxylic acid groups (broad SMARTS) is 2. The van der Waals surface area contributed by atoms with Crippen LogP contribution in [-0.4, -0.2) is 52.5 Å². The van der Waals surface area contributed by atoms with Crippen molar-refractivity contribution < 1.29 is 19.8 Å². The van der Waals surface area contributed by atoms with E-state index in [1.165, 1.54) is 23.9 Å². The molecule has 0 aromatic heterocycles. The van der Waals surface area contributed by atoms with Crippen LogP contribution in [0.5, 0.6) is 0 Å². The quantitative estimate of drug-likeness (QED) is 0.119. The maximum Gasteiger partial charge on any atom is 0.335 e. The highest BCUT2D eigenvalue weighted by Crippen LogP contribution is 2.24. The Kier molecular flexibility index (Phi) is 16.2. The second-order valence-corrected chi connectivity index (χ2v) is 8.36. The molecule has 33 heavy (non-hydrogen) atoms. The summed E-state index contributed by atoms with van der Waals surface area (Å²) in [6.45, 7) is 16.6. The molecule has 0 saturated heterocycles. The lowest BCUT2D eigenvalue weighted by molar-refractivity contribution is -0.133. The first-order valence-electron chi connectivity index (χ1n) is 11.1. The van der Waals surface area contributed by atoms with Crippen LogP contribution in [0, 0.1) is 0 Å². The van der Waals surface area contributed by atoms with Gasteiger partial charge in [-0.15, -0.1) is 11.8 Å². The monoisotopic (exact) mass is 474 g/mol. The van der Waals surface area contributed by atoms with Gasteiger partial charge in [0.25, 0.3) is 0 Å². The fraction of sp³-hybridized carbons (Fsp3) is 0.423. The molecule has 6 nitrogen and oxygen atoms in total. The van der Waals surface area contributed by atoms with E-state index in [0.717, 1.165) is 35.6 Å². The minimum absolute atomic E-state index is 0.112. The Bertz CT molecular complexity index is 835. The van der Waals surface area contributed by atoms with Gasteiger partial charge in [-0.05, 0) is 43.6 Å². The molecule has 2 N–H and O–H groups in total. The predicted molar refractivity (Wildman–Crippen MR) is 141 cm³/mol. The van der Waals surface area contributed by atoms with Gasteiger partial charge in [-0.2, -0.15) is 0 Å². The molecular weight excluding hydrogens is 436 g/mol. The average Bonchev–Trinajstić information content (AvgIpc) is 2.77. The zero-order valence-electron chi connectivity index (χ0n) is 20.3. The molecule has 0 unspecified atom stereocenters. The minimum Gasteiger partial charge on any atom is -0.478 e. The molecule has 0 rings (SSSR count). The van der Waals surface area contributed by atoms with Crippen molar-refractivity contribution >= 4 is 29.5 Å². The summed E-state index contributed by atoms with van der Waals surface area (Å²) in [4.78, 5) is 30.7. The number of aliphatic carboxylic acids is 2. The summed E-state index contributed by atoms with van der Waals surface area (Å²) in [5.74, 6) is -1.06. The molecule has 0 atom stereocenters. The van der Waals surface area contributed by atoms with Crippen LogP contribution in [0.2, 0.25) is 0 Å². The summed E-state index contributed by atoms with van der Waals surface area (Å²) in [6.07, 6.45) is 11.3. The number of allylic oxidation sites excluding steroid dienone is 4. The highest BCUT2D eigenvalue weighted by atomic mass is 32.2. The van der Waals surface area contributed by atoms with Crippen molar-refractivity contribution in [2.45, 2.75) is 53.4 Å². The highest BCUT2D eigenvalue weighted by molar-refractivity contribution is 8.05. The van der Waals surface area contributed by atoms with E-state index < -0.39 is 11.9 Å². The van der Waals surface area contributed by atoms with Crippen LogP contribution >= 0.6 is 11.8 Å². The number of carbonyl (C=O) groups is 2. The Morgan fingerprint density at radius 1 is 1.12 bits per heavy atom. The van der Waals surface area contributed by atoms with E-state index in [2.05, 4.69) is 30.0 Å². The first-order chi connectivity index (χ1) is 15.7. The number of thioether (sulfide) groups is 1. The molecule has 0 amide bonds. The van der Waals surface area contributed by atoms with Crippen LogP contribution in [0.3, 0.4) is 0 Å². The maximum atomic E-state index is 11.9. The molecule has 0 aromatic carbocycles. The summed E-state index contributed by atoms with van der Waals surface area (Å²) in [5, 5.41) is 20.6. The molecule has 0 fully saturated rings. The van der Waals surface area contributed by atoms with E-state index in [9.17, 15) is 19.8 Å². The Labute approximate surface area is 202 Å². The Hall–Kier alpha value is -2.80. The van der Waals surface area contributed by atoms with Crippen molar-refractivity contribution in [2.24, 2.45) is 4.99 Å². The number of hydrogen-bond donors (Lipinski definition) is 2. The van der Waals surface area contributed by atoms with Gasteiger partial charge in [-0.1, -0.05) is 56.4 Å². The van der Waals surface area contributed by atoms with E-state index in [1.54, 1.807) is 17.6 Å². The predicted octanol–water partition coefficient (Wildman–Crippen LogP) is 6.22. The molecule has 0 heterocycles. The van der Waals surface area contributed by atoms with E-state index in [4.69, 9.17) is 0 Å². The van der Waals surface area contributed by atoms with Crippen molar-refractivity contribution in [3.63, 3.8) is 0 Å². The fourth-order valence-electron chi connectivity index (χ4n) is 2.89. The summed E-state index contributed by atoms with van der Waals surface area (Å²) >= 11 is 1.42. The molecule has 0 aromatic rings. The molecule has 0 saturated carbocycles. The first-order valence-corrected chi connectivity index (χ1v) is 12.0. The van der Waals surface area contributed by atoms with Gasteiger partial charge in [-0.25, -0.2) is 9.59 Å². The number of nitrogens with zero attached hydrogens (tertiary/aromatic N) is 2. The third-order valence-electron chi connectivity index (χ3n) is 4.67. The maximum absolute atomic E-state index is 11.9. The molecule has 182 valence electrons. The third kappa shape index (κ3) is 12.7. The second-order valence-electron chi connectivity index (χ2n) is 7.27. The SMILES string of the molecule is C=CS/C(=C\C)C/C(=C\CN(C/C(C)=C/C=C(\C=C)C(=O)O)C(CCCC)=NCC)C(=O)O. The summed E-state index contributed by atoms with van der Waals surface area (Å²) in [5.41, 5.74) is 1.36. The molecule has 0 spiro atoms. The van der Waals surface area contributed by atoms with Crippen LogP contribution in [-0.2, 0) is 9.59 Å². The Morgan fingerprint density at radius 2 is 1.82 bits per heavy atom. The van der Waals surface area contributed by atoms with E-state index in [-0.39, 0.29) is 5.57 Å². The number of hydrogen-bond acceptors (Lipinski definition) is 4. The molecular formula is C26H38N2O4S. The molecule has 0 aliphatic carbocycles. The highest BCUT2D eigenvalue weighted by Gasteiger charge is 2.14. The lowest BCUT2D eigenvalue weighted by Crippen LogP contribution is -2.33. The third-order valence-corrected chi connectivity index (χ3v) is 5.52. The Morgan fingerprint density at radius 3 is 2.30 bits per heavy atom. The normalized spacial score (nSPS) is 13.6. The summed E-state index contributed by atoms with van der Waals surface area (Å²) in [6, 6.07) is 0. The lowest BCUT2D eigenvalue weighted by Gasteiger charge is -2.26. The lowest BCUT2D eigenvalue weighted by atomic mass is 10.1. The average molecular weight is 475 g/mol. The molecule has 0 bridgehead atoms. The molecule has 0 aliphatic heterocycles. The van der Waals surface area contributed by atoms with Gasteiger partial charge in [0.05, 0.1) is 11.4 Å². The van der Waals surface area contributed by atoms with Gasteiger partial charge in [-0.3, -0.25) is 4.99 Å². The van der Waals surface area contributed by atoms with Gasteiger partial charge in [0.15, 0.2) is 0 Å². The van der Waals surface area contributed by atoms with E-state index in [0.29, 0.717) is 31.6 Å². The van der Waals surface area contributed by atoms with Crippen LogP contribution in [0.1, 0.15) is 53.4 Å². The molecule has 0 radical (unpaired) electrons. The first kappa shape index (κ1) is 30.2. The number of aliphatic imine (C=N–C) groups is 1. The standard InChI is InChI=1S/C26H38N2O4S/c1-7-12-13-24(27-10-4)28(19-20(6)14-15-21(8-2)25(29)30)17-16-22(26(31)32)18-23(9-3)33-11-5/h8-9,11,14-16H,2,5,7,10,12-13,17-19H2,1,3-4,6H3,(H,29,30)(H,31,32)/b20-14+,21-15+,22-16+,23-9-,27-24?. The summed E-state index contributed by atoms with van der Waals surface area (Å²) < 4.78 is 0. The van der Waals surface area contributed by atoms with Crippen LogP contribution in [0.25, 0.3) is 0 Å². The van der Waals surface area contributed by atoms with E-state index >= 15 is 0 Å². The Balaban J connectivity index is 5.99. The number of carboxylic acids is 2. The van der Waals surface area contributed by atoms with Crippen LogP contribution in [0.15, 0.2) is 75.6 Å². The fourth-order valence-corrected chi connectivity index (χ4v) is 3.48. The van der Waals surface area contributed by atoms with Gasteiger partial charge < -0.3 is 15.1 Å². The zero-order chi connectivity index (χ0) is 25.2. The van der Waals surface area contributed by atoms with Crippen molar-refractivity contribution in [1.29, 1.82) is 0 Å². The van der Waals surface area contributed by atoms with Gasteiger partial charge in [0.1, 0.15) is 0 Å². The number of amidine groups is 1. The largest absolute Gasteiger partial charge is 0.478 e. The molecule has 0 aliphatic rings. The van der Waals surface area contributed by atoms with Gasteiger partial charge in [0, 0.05) is 38.0 Å². The minimum atomic E-state index is -1.03. The van der Waals surface area contributed by atoms with Crippen LogP contribution < -0.4 is 0 Å². The number of rotatable bonds is 16. The number of unbranched alkanes of at least 4 members (excludes halogenated alkanes) is 1. The van der Waals surface area contributed by atoms with E-state index in [1.807, 2.05) is 26.8 Å². The van der Waals surface area contributed by atoms with Gasteiger partial charge in [0.2, 0.25) is 0 Å². The second kappa shape index (κ2) is 17.7. The topological polar surface area (TPSA) is 90.2 Å². The summed E-state index contributed by atoms with van der Waals surface area (Å²) in [7, 11) is 0. The zero-order valence-corrected chi connectivity index (χ0v) is 21.2. The van der Waals surface area contributed by atoms with Crippen LogP contribution in [0.4, 0.5) is 0 Å². The molecule has 7 heteroatoms.